The van der Waals surface area contributed by atoms with Gasteiger partial charge in [0.2, 0.25) is 0 Å². The molecule has 1 aromatic heterocycles. The molecule has 1 atom stereocenters. The van der Waals surface area contributed by atoms with Gasteiger partial charge in [0.25, 0.3) is 0 Å². The van der Waals surface area contributed by atoms with E-state index in [1.807, 2.05) is 48.5 Å². The zero-order valence-electron chi connectivity index (χ0n) is 16.9. The predicted molar refractivity (Wildman–Crippen MR) is 112 cm³/mol. The molecule has 3 aromatic rings. The number of nitrogens with zero attached hydrogens (tertiary/aromatic N) is 2. The zero-order valence-corrected chi connectivity index (χ0v) is 16.9. The molecule has 6 nitrogen and oxygen atoms in total. The average molecular weight is 393 g/mol. The molecule has 1 N–H and O–H groups in total. The maximum atomic E-state index is 12.3. The molecule has 0 amide bonds. The van der Waals surface area contributed by atoms with E-state index in [9.17, 15) is 4.79 Å². The van der Waals surface area contributed by atoms with E-state index in [-0.39, 0.29) is 18.6 Å². The third-order valence-corrected chi connectivity index (χ3v) is 4.52. The highest BCUT2D eigenvalue weighted by atomic mass is 16.5. The number of ether oxygens (including phenoxy) is 2. The topological polar surface area (TPSA) is 65.4 Å². The first-order chi connectivity index (χ1) is 14.2. The largest absolute Gasteiger partial charge is 0.487 e. The van der Waals surface area contributed by atoms with Crippen LogP contribution in [0.5, 0.6) is 5.75 Å². The Hall–Kier alpha value is -3.12. The number of hydrogen-bond acceptors (Lipinski definition) is 5. The molecule has 6 heteroatoms. The molecule has 0 aliphatic heterocycles. The highest BCUT2D eigenvalue weighted by Gasteiger charge is 2.17. The van der Waals surface area contributed by atoms with E-state index >= 15 is 0 Å². The van der Waals surface area contributed by atoms with Crippen molar-refractivity contribution in [3.05, 3.63) is 83.7 Å². The average Bonchev–Trinajstić information content (AvgIpc) is 3.17. The summed E-state index contributed by atoms with van der Waals surface area (Å²) in [4.78, 5) is 12.3. The van der Waals surface area contributed by atoms with E-state index in [0.717, 1.165) is 5.75 Å². The number of hydrogen-bond donors (Lipinski definition) is 1. The first kappa shape index (κ1) is 20.6. The van der Waals surface area contributed by atoms with Crippen LogP contribution in [0.3, 0.4) is 0 Å². The number of nitrogens with one attached hydrogen (secondary N) is 1. The van der Waals surface area contributed by atoms with Gasteiger partial charge in [0, 0.05) is 12.6 Å². The smallest absolute Gasteiger partial charge is 0.356 e. The maximum absolute atomic E-state index is 12.3. The van der Waals surface area contributed by atoms with Gasteiger partial charge in [-0.1, -0.05) is 48.5 Å². The summed E-state index contributed by atoms with van der Waals surface area (Å²) < 4.78 is 12.6. The summed E-state index contributed by atoms with van der Waals surface area (Å²) >= 11 is 0. The number of para-hydroxylation sites is 1. The Bertz CT molecular complexity index is 894. The van der Waals surface area contributed by atoms with E-state index in [1.165, 1.54) is 5.56 Å². The maximum Gasteiger partial charge on any atom is 0.356 e. The van der Waals surface area contributed by atoms with Crippen molar-refractivity contribution in [2.24, 2.45) is 0 Å². The van der Waals surface area contributed by atoms with Crippen molar-refractivity contribution in [2.75, 3.05) is 13.2 Å². The first-order valence-corrected chi connectivity index (χ1v) is 9.87. The van der Waals surface area contributed by atoms with E-state index in [4.69, 9.17) is 9.47 Å². The Labute approximate surface area is 171 Å². The summed E-state index contributed by atoms with van der Waals surface area (Å²) in [5, 5.41) is 8.02. The second kappa shape index (κ2) is 10.4. The molecule has 0 radical (unpaired) electrons. The number of aromatic nitrogens is 2. The summed E-state index contributed by atoms with van der Waals surface area (Å²) in [5.74, 6) is 0.389. The van der Waals surface area contributed by atoms with Crippen molar-refractivity contribution < 1.29 is 14.3 Å². The van der Waals surface area contributed by atoms with Crippen LogP contribution in [0.25, 0.3) is 0 Å². The molecule has 0 saturated heterocycles. The van der Waals surface area contributed by atoms with Gasteiger partial charge < -0.3 is 14.8 Å². The summed E-state index contributed by atoms with van der Waals surface area (Å²) in [5.41, 5.74) is 2.34. The van der Waals surface area contributed by atoms with Crippen LogP contribution in [-0.4, -0.2) is 28.9 Å². The van der Waals surface area contributed by atoms with Crippen molar-refractivity contribution in [2.45, 2.75) is 33.0 Å². The van der Waals surface area contributed by atoms with Gasteiger partial charge in [-0.3, -0.25) is 4.68 Å². The molecule has 0 fully saturated rings. The SMILES string of the molecule is CCOC(=O)c1cc(COc2ccccc2)nn1CCN[C@H](C)c1ccccc1. The molecule has 0 saturated carbocycles. The van der Waals surface area contributed by atoms with Crippen LogP contribution >= 0.6 is 0 Å². The summed E-state index contributed by atoms with van der Waals surface area (Å²) in [6.07, 6.45) is 0. The lowest BCUT2D eigenvalue weighted by Gasteiger charge is -2.14. The van der Waals surface area contributed by atoms with Crippen molar-refractivity contribution >= 4 is 5.97 Å². The van der Waals surface area contributed by atoms with E-state index in [0.29, 0.717) is 31.1 Å². The molecule has 0 aliphatic carbocycles. The minimum absolute atomic E-state index is 0.207. The molecular weight excluding hydrogens is 366 g/mol. The van der Waals surface area contributed by atoms with Crippen LogP contribution in [0.15, 0.2) is 66.7 Å². The normalized spacial score (nSPS) is 11.8. The Morgan fingerprint density at radius 2 is 1.79 bits per heavy atom. The van der Waals surface area contributed by atoms with Crippen LogP contribution in [0.1, 0.15) is 41.6 Å². The lowest BCUT2D eigenvalue weighted by molar-refractivity contribution is 0.0511. The van der Waals surface area contributed by atoms with Crippen molar-refractivity contribution in [1.82, 2.24) is 15.1 Å². The lowest BCUT2D eigenvalue weighted by atomic mass is 10.1. The quantitative estimate of drug-likeness (QED) is 0.528. The summed E-state index contributed by atoms with van der Waals surface area (Å²) in [6.45, 7) is 5.74. The minimum Gasteiger partial charge on any atom is -0.487 e. The Balaban J connectivity index is 1.63. The van der Waals surface area contributed by atoms with Crippen LogP contribution in [0, 0.1) is 0 Å². The second-order valence-corrected chi connectivity index (χ2v) is 6.65. The summed E-state index contributed by atoms with van der Waals surface area (Å²) in [7, 11) is 0. The number of rotatable bonds is 10. The van der Waals surface area contributed by atoms with Crippen LogP contribution in [0.2, 0.25) is 0 Å². The number of esters is 1. The van der Waals surface area contributed by atoms with Gasteiger partial charge in [0.05, 0.1) is 13.2 Å². The van der Waals surface area contributed by atoms with Crippen LogP contribution < -0.4 is 10.1 Å². The number of carbonyl (C=O) groups excluding carboxylic acids is 1. The highest BCUT2D eigenvalue weighted by Crippen LogP contribution is 2.14. The predicted octanol–water partition coefficient (Wildman–Crippen LogP) is 3.99. The van der Waals surface area contributed by atoms with Crippen LogP contribution in [-0.2, 0) is 17.9 Å². The van der Waals surface area contributed by atoms with Gasteiger partial charge in [0.1, 0.15) is 23.7 Å². The minimum atomic E-state index is -0.373. The zero-order chi connectivity index (χ0) is 20.5. The van der Waals surface area contributed by atoms with Gasteiger partial charge in [-0.15, -0.1) is 0 Å². The highest BCUT2D eigenvalue weighted by molar-refractivity contribution is 5.87. The monoisotopic (exact) mass is 393 g/mol. The molecule has 2 aromatic carbocycles. The number of benzene rings is 2. The van der Waals surface area contributed by atoms with Crippen LogP contribution in [0.4, 0.5) is 0 Å². The fraction of sp³-hybridized carbons (Fsp3) is 0.304. The number of carbonyl (C=O) groups is 1. The van der Waals surface area contributed by atoms with Gasteiger partial charge in [-0.05, 0) is 37.6 Å². The van der Waals surface area contributed by atoms with E-state index in [1.54, 1.807) is 17.7 Å². The van der Waals surface area contributed by atoms with Crippen molar-refractivity contribution in [1.29, 1.82) is 0 Å². The third kappa shape index (κ3) is 5.93. The Kier molecular flexibility index (Phi) is 7.41. The van der Waals surface area contributed by atoms with Gasteiger partial charge in [-0.2, -0.15) is 5.10 Å². The molecule has 0 bridgehead atoms. The Morgan fingerprint density at radius 1 is 1.10 bits per heavy atom. The molecule has 0 spiro atoms. The second-order valence-electron chi connectivity index (χ2n) is 6.65. The molecule has 1 heterocycles. The lowest BCUT2D eigenvalue weighted by Crippen LogP contribution is -2.25. The van der Waals surface area contributed by atoms with Gasteiger partial charge in [0.15, 0.2) is 0 Å². The molecule has 152 valence electrons. The standard InChI is InChI=1S/C23H27N3O3/c1-3-28-23(27)22-16-20(17-29-21-12-8-5-9-13-21)25-26(22)15-14-24-18(2)19-10-6-4-7-11-19/h4-13,16,18,24H,3,14-15,17H2,1-2H3/t18-/m1/s1. The molecule has 0 aliphatic rings. The molecular formula is C23H27N3O3. The molecule has 0 unspecified atom stereocenters. The van der Waals surface area contributed by atoms with Gasteiger partial charge in [-0.25, -0.2) is 4.79 Å². The van der Waals surface area contributed by atoms with E-state index < -0.39 is 0 Å². The first-order valence-electron chi connectivity index (χ1n) is 9.87. The fourth-order valence-corrected chi connectivity index (χ4v) is 3.00. The summed E-state index contributed by atoms with van der Waals surface area (Å²) in [6, 6.07) is 21.7. The fourth-order valence-electron chi connectivity index (χ4n) is 3.00. The van der Waals surface area contributed by atoms with Crippen molar-refractivity contribution in [3.8, 4) is 5.75 Å². The molecule has 3 rings (SSSR count). The van der Waals surface area contributed by atoms with Crippen molar-refractivity contribution in [3.63, 3.8) is 0 Å². The van der Waals surface area contributed by atoms with E-state index in [2.05, 4.69) is 29.5 Å². The molecule has 29 heavy (non-hydrogen) atoms. The third-order valence-electron chi connectivity index (χ3n) is 4.52. The van der Waals surface area contributed by atoms with Gasteiger partial charge >= 0.3 is 5.97 Å². The Morgan fingerprint density at radius 3 is 2.48 bits per heavy atom.